The molecule has 0 heterocycles. The van der Waals surface area contributed by atoms with Gasteiger partial charge in [0.05, 0.1) is 12.1 Å². The number of aliphatic carboxylic acids is 2. The average Bonchev–Trinajstić information content (AvgIpc) is 2.80. The molecule has 2 amide bonds. The van der Waals surface area contributed by atoms with Crippen molar-refractivity contribution >= 4 is 23.8 Å². The predicted octanol–water partition coefficient (Wildman–Crippen LogP) is 4.24. The Morgan fingerprint density at radius 2 is 1.32 bits per heavy atom. The molecule has 0 aromatic heterocycles. The van der Waals surface area contributed by atoms with Gasteiger partial charge in [0.1, 0.15) is 6.04 Å². The van der Waals surface area contributed by atoms with Gasteiger partial charge in [-0.1, -0.05) is 71.0 Å². The summed E-state index contributed by atoms with van der Waals surface area (Å²) < 4.78 is 31.7. The van der Waals surface area contributed by atoms with E-state index in [1.807, 2.05) is 78.8 Å². The molecule has 1 rings (SSSR count). The molecule has 1 unspecified atom stereocenters. The Morgan fingerprint density at radius 3 is 1.70 bits per heavy atom. The molecule has 0 fully saturated rings. The van der Waals surface area contributed by atoms with Crippen LogP contribution in [0.5, 0.6) is 0 Å². The Hall–Kier alpha value is -3.41. The Kier molecular flexibility index (Phi) is 13.6. The number of halogens is 3. The van der Waals surface area contributed by atoms with Crippen molar-refractivity contribution in [2.75, 3.05) is 0 Å². The Morgan fingerprint density at radius 1 is 0.850 bits per heavy atom. The standard InChI is InChI=1S/C26H41N3O4.C2HF3O2/c1-16(2)20(15-17(3)24(32)33)27-23(31)21(25(5,6)7)28-22(30)18(4)29-26(8,9)19-13-11-10-12-14-19;3-2(4,5)1(6)7/h10-16,18,20-21,29H,1-9H3,(H,27,31)(H,28,30)(H,32,33);(H,6,7)/b17-15+;/t18?,20-,21+;/m0./s1. The van der Waals surface area contributed by atoms with Crippen molar-refractivity contribution < 1.29 is 42.6 Å². The first-order valence-electron chi connectivity index (χ1n) is 12.7. The number of carbonyl (C=O) groups excluding carboxylic acids is 2. The lowest BCUT2D eigenvalue weighted by Crippen LogP contribution is -2.59. The largest absolute Gasteiger partial charge is 0.490 e. The lowest BCUT2D eigenvalue weighted by molar-refractivity contribution is -0.192. The first-order chi connectivity index (χ1) is 18.0. The molecule has 5 N–H and O–H groups in total. The van der Waals surface area contributed by atoms with Crippen molar-refractivity contribution in [2.45, 2.75) is 92.2 Å². The van der Waals surface area contributed by atoms with E-state index in [4.69, 9.17) is 9.90 Å². The molecule has 1 aromatic rings. The van der Waals surface area contributed by atoms with Crippen molar-refractivity contribution in [1.29, 1.82) is 0 Å². The number of rotatable bonds is 10. The monoisotopic (exact) mass is 573 g/mol. The van der Waals surface area contributed by atoms with Crippen LogP contribution in [-0.2, 0) is 24.7 Å². The van der Waals surface area contributed by atoms with E-state index in [-0.39, 0.29) is 23.3 Å². The third-order valence-electron chi connectivity index (χ3n) is 5.92. The lowest BCUT2D eigenvalue weighted by atomic mass is 9.85. The summed E-state index contributed by atoms with van der Waals surface area (Å²) in [5.41, 5.74) is 0.211. The number of nitrogens with one attached hydrogen (secondary N) is 3. The van der Waals surface area contributed by atoms with Gasteiger partial charge in [0, 0.05) is 11.1 Å². The summed E-state index contributed by atoms with van der Waals surface area (Å²) in [7, 11) is 0. The van der Waals surface area contributed by atoms with Crippen LogP contribution < -0.4 is 16.0 Å². The summed E-state index contributed by atoms with van der Waals surface area (Å²) >= 11 is 0. The van der Waals surface area contributed by atoms with E-state index in [0.29, 0.717) is 0 Å². The predicted molar refractivity (Wildman–Crippen MR) is 145 cm³/mol. The second-order valence-corrected chi connectivity index (χ2v) is 11.4. The van der Waals surface area contributed by atoms with Gasteiger partial charge in [0.2, 0.25) is 11.8 Å². The van der Waals surface area contributed by atoms with Gasteiger partial charge in [-0.3, -0.25) is 14.9 Å². The number of carboxylic acid groups (broad SMARTS) is 2. The number of carboxylic acids is 2. The maximum Gasteiger partial charge on any atom is 0.490 e. The Labute approximate surface area is 233 Å². The Bertz CT molecular complexity index is 1050. The van der Waals surface area contributed by atoms with Gasteiger partial charge in [-0.05, 0) is 44.6 Å². The van der Waals surface area contributed by atoms with Gasteiger partial charge in [-0.15, -0.1) is 0 Å². The zero-order valence-electron chi connectivity index (χ0n) is 24.4. The van der Waals surface area contributed by atoms with Crippen LogP contribution in [0.3, 0.4) is 0 Å². The molecule has 3 atom stereocenters. The van der Waals surface area contributed by atoms with E-state index >= 15 is 0 Å². The van der Waals surface area contributed by atoms with Crippen LogP contribution in [0.25, 0.3) is 0 Å². The molecular formula is C28H42F3N3O6. The number of benzene rings is 1. The second-order valence-electron chi connectivity index (χ2n) is 11.4. The van der Waals surface area contributed by atoms with Gasteiger partial charge in [-0.2, -0.15) is 13.2 Å². The quantitative estimate of drug-likeness (QED) is 0.263. The average molecular weight is 574 g/mol. The molecule has 0 radical (unpaired) electrons. The van der Waals surface area contributed by atoms with Gasteiger partial charge < -0.3 is 20.8 Å². The minimum atomic E-state index is -5.08. The Balaban J connectivity index is 0.00000191. The summed E-state index contributed by atoms with van der Waals surface area (Å²) in [6.07, 6.45) is -3.54. The van der Waals surface area contributed by atoms with Crippen molar-refractivity contribution in [3.05, 3.63) is 47.5 Å². The third kappa shape index (κ3) is 12.6. The fourth-order valence-corrected chi connectivity index (χ4v) is 3.48. The third-order valence-corrected chi connectivity index (χ3v) is 5.92. The normalized spacial score (nSPS) is 14.8. The van der Waals surface area contributed by atoms with Crippen molar-refractivity contribution in [3.63, 3.8) is 0 Å². The molecule has 40 heavy (non-hydrogen) atoms. The van der Waals surface area contributed by atoms with Gasteiger partial charge >= 0.3 is 18.1 Å². The minimum Gasteiger partial charge on any atom is -0.478 e. The molecule has 12 heteroatoms. The molecule has 0 spiro atoms. The molecule has 9 nitrogen and oxygen atoms in total. The van der Waals surface area contributed by atoms with Crippen LogP contribution >= 0.6 is 0 Å². The van der Waals surface area contributed by atoms with E-state index in [1.54, 1.807) is 13.0 Å². The minimum absolute atomic E-state index is 0.0215. The number of hydrogen-bond acceptors (Lipinski definition) is 5. The van der Waals surface area contributed by atoms with E-state index < -0.39 is 47.2 Å². The molecule has 0 aliphatic rings. The zero-order chi connectivity index (χ0) is 31.6. The molecule has 226 valence electrons. The number of alkyl halides is 3. The molecule has 0 aliphatic carbocycles. The van der Waals surface area contributed by atoms with E-state index in [0.717, 1.165) is 5.56 Å². The van der Waals surface area contributed by atoms with Gasteiger partial charge in [0.25, 0.3) is 0 Å². The van der Waals surface area contributed by atoms with Crippen molar-refractivity contribution in [1.82, 2.24) is 16.0 Å². The van der Waals surface area contributed by atoms with Crippen LogP contribution in [0.4, 0.5) is 13.2 Å². The van der Waals surface area contributed by atoms with E-state index in [1.165, 1.54) is 6.92 Å². The smallest absolute Gasteiger partial charge is 0.478 e. The topological polar surface area (TPSA) is 145 Å². The maximum absolute atomic E-state index is 13.2. The SMILES string of the molecule is C/C(=C\[C@H](NC(=O)[C@@H](NC(=O)C(C)NC(C)(C)c1ccccc1)C(C)(C)C)C(C)C)C(=O)O.O=C(O)C(F)(F)F. The summed E-state index contributed by atoms with van der Waals surface area (Å²) in [6, 6.07) is 8.04. The highest BCUT2D eigenvalue weighted by Crippen LogP contribution is 2.22. The van der Waals surface area contributed by atoms with Crippen molar-refractivity contribution in [2.24, 2.45) is 11.3 Å². The zero-order valence-corrected chi connectivity index (χ0v) is 24.4. The van der Waals surface area contributed by atoms with Gasteiger partial charge in [-0.25, -0.2) is 9.59 Å². The summed E-state index contributed by atoms with van der Waals surface area (Å²) in [6.45, 7) is 16.7. The van der Waals surface area contributed by atoms with E-state index in [2.05, 4.69) is 16.0 Å². The van der Waals surface area contributed by atoms with Crippen LogP contribution in [0.15, 0.2) is 42.0 Å². The molecule has 0 saturated heterocycles. The number of carbonyl (C=O) groups is 4. The van der Waals surface area contributed by atoms with Crippen LogP contribution in [0, 0.1) is 11.3 Å². The fraction of sp³-hybridized carbons (Fsp3) is 0.571. The number of amides is 2. The van der Waals surface area contributed by atoms with E-state index in [9.17, 15) is 32.7 Å². The number of hydrogen-bond donors (Lipinski definition) is 5. The van der Waals surface area contributed by atoms with Crippen molar-refractivity contribution in [3.8, 4) is 0 Å². The highest BCUT2D eigenvalue weighted by Gasteiger charge is 2.38. The van der Waals surface area contributed by atoms with Crippen LogP contribution in [0.2, 0.25) is 0 Å². The molecular weight excluding hydrogens is 531 g/mol. The molecule has 0 aliphatic heterocycles. The highest BCUT2D eigenvalue weighted by molar-refractivity contribution is 5.91. The second kappa shape index (κ2) is 14.8. The first-order valence-corrected chi connectivity index (χ1v) is 12.7. The van der Waals surface area contributed by atoms with Crippen LogP contribution in [-0.4, -0.2) is 58.3 Å². The first kappa shape index (κ1) is 36.6. The summed E-state index contributed by atoms with van der Waals surface area (Å²) in [5, 5.41) is 25.5. The van der Waals surface area contributed by atoms with Crippen LogP contribution in [0.1, 0.15) is 67.9 Å². The fourth-order valence-electron chi connectivity index (χ4n) is 3.48. The highest BCUT2D eigenvalue weighted by atomic mass is 19.4. The lowest BCUT2D eigenvalue weighted by Gasteiger charge is -2.35. The molecule has 1 aromatic carbocycles. The van der Waals surface area contributed by atoms with Gasteiger partial charge in [0.15, 0.2) is 0 Å². The molecule has 0 saturated carbocycles. The summed E-state index contributed by atoms with van der Waals surface area (Å²) in [5.74, 6) is -4.44. The molecule has 0 bridgehead atoms. The summed E-state index contributed by atoms with van der Waals surface area (Å²) in [4.78, 5) is 46.4. The maximum atomic E-state index is 13.2.